The fraction of sp³-hybridized carbons (Fsp3) is 0.130. The van der Waals surface area contributed by atoms with Crippen LogP contribution in [0.4, 0.5) is 11.4 Å². The van der Waals surface area contributed by atoms with Crippen LogP contribution in [0.5, 0.6) is 11.5 Å². The van der Waals surface area contributed by atoms with Crippen molar-refractivity contribution >= 4 is 23.2 Å². The second-order valence-electron chi connectivity index (χ2n) is 6.30. The summed E-state index contributed by atoms with van der Waals surface area (Å²) in [5.74, 6) is 0.398. The van der Waals surface area contributed by atoms with E-state index in [1.54, 1.807) is 49.4 Å². The van der Waals surface area contributed by atoms with Gasteiger partial charge in [-0.2, -0.15) is 0 Å². The van der Waals surface area contributed by atoms with Gasteiger partial charge < -0.3 is 20.1 Å². The van der Waals surface area contributed by atoms with Crippen LogP contribution in [0.25, 0.3) is 0 Å². The van der Waals surface area contributed by atoms with Crippen LogP contribution in [0.2, 0.25) is 0 Å². The van der Waals surface area contributed by atoms with Gasteiger partial charge in [0, 0.05) is 11.3 Å². The van der Waals surface area contributed by atoms with E-state index in [2.05, 4.69) is 10.6 Å². The molecule has 3 rings (SSSR count). The minimum absolute atomic E-state index is 0.289. The summed E-state index contributed by atoms with van der Waals surface area (Å²) in [5, 5.41) is 5.59. The molecule has 0 radical (unpaired) electrons. The molecule has 0 bridgehead atoms. The van der Waals surface area contributed by atoms with Crippen LogP contribution in [-0.4, -0.2) is 25.0 Å². The van der Waals surface area contributed by atoms with Gasteiger partial charge in [0.15, 0.2) is 6.10 Å². The second-order valence-corrected chi connectivity index (χ2v) is 6.30. The van der Waals surface area contributed by atoms with Gasteiger partial charge in [-0.15, -0.1) is 0 Å². The van der Waals surface area contributed by atoms with Crippen LogP contribution in [-0.2, 0) is 4.79 Å². The van der Waals surface area contributed by atoms with Gasteiger partial charge in [0.2, 0.25) is 0 Å². The number of ether oxygens (including phenoxy) is 2. The van der Waals surface area contributed by atoms with Crippen molar-refractivity contribution in [3.63, 3.8) is 0 Å². The van der Waals surface area contributed by atoms with Crippen molar-refractivity contribution in [2.75, 3.05) is 17.7 Å². The molecule has 0 aliphatic carbocycles. The molecule has 0 aromatic heterocycles. The summed E-state index contributed by atoms with van der Waals surface area (Å²) in [4.78, 5) is 25.1. The number of carbonyl (C=O) groups excluding carboxylic acids is 2. The lowest BCUT2D eigenvalue weighted by atomic mass is 10.1. The Balaban J connectivity index is 1.73. The van der Waals surface area contributed by atoms with Crippen LogP contribution >= 0.6 is 0 Å². The lowest BCUT2D eigenvalue weighted by molar-refractivity contribution is -0.122. The number of methoxy groups -OCH3 is 1. The quantitative estimate of drug-likeness (QED) is 0.629. The van der Waals surface area contributed by atoms with E-state index in [4.69, 9.17) is 9.47 Å². The SMILES string of the molecule is COc1ccc(C(=O)Nc2ccccc2)cc1NC(=O)[C@@H](C)Oc1ccccc1. The van der Waals surface area contributed by atoms with Crippen molar-refractivity contribution < 1.29 is 19.1 Å². The molecular formula is C23H22N2O4. The van der Waals surface area contributed by atoms with Crippen LogP contribution in [0.3, 0.4) is 0 Å². The van der Waals surface area contributed by atoms with E-state index in [-0.39, 0.29) is 11.8 Å². The number of benzene rings is 3. The fourth-order valence-electron chi connectivity index (χ4n) is 2.66. The van der Waals surface area contributed by atoms with E-state index in [0.717, 1.165) is 0 Å². The van der Waals surface area contributed by atoms with E-state index < -0.39 is 6.10 Å². The van der Waals surface area contributed by atoms with Crippen molar-refractivity contribution in [2.24, 2.45) is 0 Å². The highest BCUT2D eigenvalue weighted by Crippen LogP contribution is 2.26. The maximum Gasteiger partial charge on any atom is 0.265 e. The zero-order valence-corrected chi connectivity index (χ0v) is 16.2. The van der Waals surface area contributed by atoms with Crippen molar-refractivity contribution in [3.05, 3.63) is 84.4 Å². The molecule has 0 unspecified atom stereocenters. The Labute approximate surface area is 169 Å². The number of hydrogen-bond acceptors (Lipinski definition) is 4. The van der Waals surface area contributed by atoms with Crippen LogP contribution in [0.15, 0.2) is 78.9 Å². The molecule has 2 amide bonds. The number of rotatable bonds is 7. The highest BCUT2D eigenvalue weighted by atomic mass is 16.5. The average molecular weight is 390 g/mol. The third kappa shape index (κ3) is 5.35. The maximum absolute atomic E-state index is 12.6. The van der Waals surface area contributed by atoms with Crippen LogP contribution in [0.1, 0.15) is 17.3 Å². The molecule has 3 aromatic carbocycles. The first-order valence-corrected chi connectivity index (χ1v) is 9.14. The highest BCUT2D eigenvalue weighted by molar-refractivity contribution is 6.06. The Morgan fingerprint density at radius 1 is 0.862 bits per heavy atom. The minimum Gasteiger partial charge on any atom is -0.495 e. The van der Waals surface area contributed by atoms with E-state index in [1.807, 2.05) is 36.4 Å². The molecule has 6 heteroatoms. The molecule has 0 saturated heterocycles. The molecule has 0 fully saturated rings. The van der Waals surface area contributed by atoms with E-state index in [1.165, 1.54) is 7.11 Å². The average Bonchev–Trinajstić information content (AvgIpc) is 2.75. The standard InChI is InChI=1S/C23H22N2O4/c1-16(29-19-11-7-4-8-12-19)22(26)25-20-15-17(13-14-21(20)28-2)23(27)24-18-9-5-3-6-10-18/h3-16H,1-2H3,(H,24,27)(H,25,26)/t16-/m1/s1. The third-order valence-corrected chi connectivity index (χ3v) is 4.18. The number of hydrogen-bond donors (Lipinski definition) is 2. The van der Waals surface area contributed by atoms with E-state index in [0.29, 0.717) is 28.4 Å². The second kappa shape index (κ2) is 9.41. The van der Waals surface area contributed by atoms with Gasteiger partial charge in [-0.05, 0) is 49.4 Å². The van der Waals surface area contributed by atoms with Crippen molar-refractivity contribution in [2.45, 2.75) is 13.0 Å². The molecule has 0 aliphatic heterocycles. The first-order chi connectivity index (χ1) is 14.1. The first-order valence-electron chi connectivity index (χ1n) is 9.14. The molecule has 2 N–H and O–H groups in total. The zero-order chi connectivity index (χ0) is 20.6. The molecule has 3 aromatic rings. The smallest absolute Gasteiger partial charge is 0.265 e. The number of anilines is 2. The lowest BCUT2D eigenvalue weighted by Gasteiger charge is -2.17. The molecule has 0 spiro atoms. The number of para-hydroxylation sites is 2. The van der Waals surface area contributed by atoms with Crippen LogP contribution < -0.4 is 20.1 Å². The number of amides is 2. The highest BCUT2D eigenvalue weighted by Gasteiger charge is 2.18. The third-order valence-electron chi connectivity index (χ3n) is 4.18. The first kappa shape index (κ1) is 19.9. The molecule has 29 heavy (non-hydrogen) atoms. The Kier molecular flexibility index (Phi) is 6.47. The molecule has 0 saturated carbocycles. The van der Waals surface area contributed by atoms with Gasteiger partial charge in [0.05, 0.1) is 12.8 Å². The predicted octanol–water partition coefficient (Wildman–Crippen LogP) is 4.35. The van der Waals surface area contributed by atoms with Gasteiger partial charge in [-0.25, -0.2) is 0 Å². The lowest BCUT2D eigenvalue weighted by Crippen LogP contribution is -2.30. The van der Waals surface area contributed by atoms with Gasteiger partial charge in [0.1, 0.15) is 11.5 Å². The number of nitrogens with one attached hydrogen (secondary N) is 2. The zero-order valence-electron chi connectivity index (χ0n) is 16.2. The monoisotopic (exact) mass is 390 g/mol. The Morgan fingerprint density at radius 3 is 2.17 bits per heavy atom. The molecule has 6 nitrogen and oxygen atoms in total. The molecule has 0 heterocycles. The van der Waals surface area contributed by atoms with Crippen molar-refractivity contribution in [3.8, 4) is 11.5 Å². The minimum atomic E-state index is -0.732. The fourth-order valence-corrected chi connectivity index (χ4v) is 2.66. The predicted molar refractivity (Wildman–Crippen MR) is 113 cm³/mol. The Hall–Kier alpha value is -3.80. The Bertz CT molecular complexity index is 975. The van der Waals surface area contributed by atoms with Gasteiger partial charge in [-0.3, -0.25) is 9.59 Å². The molecule has 0 aliphatic rings. The molecule has 1 atom stereocenters. The summed E-state index contributed by atoms with van der Waals surface area (Å²) in [6.07, 6.45) is -0.732. The molecular weight excluding hydrogens is 368 g/mol. The summed E-state index contributed by atoms with van der Waals surface area (Å²) in [6, 6.07) is 23.1. The summed E-state index contributed by atoms with van der Waals surface area (Å²) < 4.78 is 11.0. The van der Waals surface area contributed by atoms with Gasteiger partial charge in [0.25, 0.3) is 11.8 Å². The van der Waals surface area contributed by atoms with E-state index >= 15 is 0 Å². The summed E-state index contributed by atoms with van der Waals surface area (Å²) in [6.45, 7) is 1.65. The van der Waals surface area contributed by atoms with Crippen molar-refractivity contribution in [1.82, 2.24) is 0 Å². The van der Waals surface area contributed by atoms with E-state index in [9.17, 15) is 9.59 Å². The van der Waals surface area contributed by atoms with Crippen LogP contribution in [0, 0.1) is 0 Å². The largest absolute Gasteiger partial charge is 0.495 e. The summed E-state index contributed by atoms with van der Waals surface area (Å²) >= 11 is 0. The number of carbonyl (C=O) groups is 2. The van der Waals surface area contributed by atoms with Gasteiger partial charge >= 0.3 is 0 Å². The normalized spacial score (nSPS) is 11.2. The molecule has 148 valence electrons. The summed E-state index contributed by atoms with van der Waals surface area (Å²) in [7, 11) is 1.50. The summed E-state index contributed by atoms with van der Waals surface area (Å²) in [5.41, 5.74) is 1.46. The topological polar surface area (TPSA) is 76.7 Å². The van der Waals surface area contributed by atoms with Crippen molar-refractivity contribution in [1.29, 1.82) is 0 Å². The maximum atomic E-state index is 12.6. The van der Waals surface area contributed by atoms with Gasteiger partial charge in [-0.1, -0.05) is 36.4 Å². The Morgan fingerprint density at radius 2 is 1.52 bits per heavy atom.